The van der Waals surface area contributed by atoms with Crippen LogP contribution in [0.15, 0.2) is 41.3 Å². The molecule has 170 valence electrons. The SMILES string of the molecule is CC(OC(=O)N1CCN(CC[S+]([O-])c2ccc3nn[nH]c3c2)CC1)c1cc(F)cc(F)c1. The third kappa shape index (κ3) is 5.34. The highest BCUT2D eigenvalue weighted by atomic mass is 32.2. The Kier molecular flexibility index (Phi) is 6.87. The van der Waals surface area contributed by atoms with Gasteiger partial charge in [0.05, 0.1) is 5.52 Å². The maximum atomic E-state index is 13.4. The first-order valence-corrected chi connectivity index (χ1v) is 11.5. The van der Waals surface area contributed by atoms with Gasteiger partial charge in [0.2, 0.25) is 0 Å². The fourth-order valence-corrected chi connectivity index (χ4v) is 4.68. The smallest absolute Gasteiger partial charge is 0.410 e. The van der Waals surface area contributed by atoms with Crippen LogP contribution in [0.25, 0.3) is 11.0 Å². The van der Waals surface area contributed by atoms with Crippen LogP contribution in [-0.2, 0) is 15.9 Å². The molecule has 4 rings (SSSR count). The third-order valence-corrected chi connectivity index (χ3v) is 6.75. The van der Waals surface area contributed by atoms with Gasteiger partial charge in [0.15, 0.2) is 4.90 Å². The molecular formula is C21H23F2N5O3S. The van der Waals surface area contributed by atoms with E-state index in [4.69, 9.17) is 4.74 Å². The van der Waals surface area contributed by atoms with Gasteiger partial charge in [-0.25, -0.2) is 13.6 Å². The minimum absolute atomic E-state index is 0.265. The van der Waals surface area contributed by atoms with Gasteiger partial charge in [-0.15, -0.1) is 5.10 Å². The lowest BCUT2D eigenvalue weighted by Gasteiger charge is -2.34. The van der Waals surface area contributed by atoms with Crippen molar-refractivity contribution in [2.24, 2.45) is 0 Å². The summed E-state index contributed by atoms with van der Waals surface area (Å²) in [6.45, 7) is 4.38. The quantitative estimate of drug-likeness (QED) is 0.565. The van der Waals surface area contributed by atoms with E-state index in [2.05, 4.69) is 20.3 Å². The first-order chi connectivity index (χ1) is 15.4. The maximum absolute atomic E-state index is 13.4. The van der Waals surface area contributed by atoms with Crippen molar-refractivity contribution in [1.82, 2.24) is 25.2 Å². The van der Waals surface area contributed by atoms with Gasteiger partial charge in [-0.1, -0.05) is 5.21 Å². The van der Waals surface area contributed by atoms with E-state index in [1.165, 1.54) is 0 Å². The Morgan fingerprint density at radius 3 is 2.62 bits per heavy atom. The summed E-state index contributed by atoms with van der Waals surface area (Å²) in [6.07, 6.45) is -1.29. The molecule has 8 nitrogen and oxygen atoms in total. The molecule has 0 spiro atoms. The zero-order chi connectivity index (χ0) is 22.7. The molecule has 3 aromatic rings. The minimum atomic E-state index is -1.16. The number of benzene rings is 2. The van der Waals surface area contributed by atoms with Crippen LogP contribution >= 0.6 is 0 Å². The van der Waals surface area contributed by atoms with Gasteiger partial charge >= 0.3 is 6.09 Å². The summed E-state index contributed by atoms with van der Waals surface area (Å²) < 4.78 is 44.8. The molecule has 1 N–H and O–H groups in total. The molecule has 2 atom stereocenters. The summed E-state index contributed by atoms with van der Waals surface area (Å²) in [6, 6.07) is 8.46. The number of hydrogen-bond acceptors (Lipinski definition) is 6. The lowest BCUT2D eigenvalue weighted by Crippen LogP contribution is -2.49. The number of fused-ring (bicyclic) bond motifs is 1. The van der Waals surface area contributed by atoms with Crippen LogP contribution in [0.3, 0.4) is 0 Å². The Morgan fingerprint density at radius 1 is 1.19 bits per heavy atom. The number of amides is 1. The molecule has 2 heterocycles. The molecule has 1 amide bonds. The average Bonchev–Trinajstić information content (AvgIpc) is 3.25. The number of piperazine rings is 1. The van der Waals surface area contributed by atoms with Crippen molar-refractivity contribution in [2.75, 3.05) is 38.5 Å². The Hall–Kier alpha value is -2.76. The van der Waals surface area contributed by atoms with Crippen molar-refractivity contribution in [1.29, 1.82) is 0 Å². The van der Waals surface area contributed by atoms with Crippen LogP contribution in [-0.4, -0.2) is 74.3 Å². The fraction of sp³-hybridized carbons (Fsp3) is 0.381. The molecule has 1 saturated heterocycles. The van der Waals surface area contributed by atoms with Crippen LogP contribution in [0.4, 0.5) is 13.6 Å². The van der Waals surface area contributed by atoms with E-state index in [-0.39, 0.29) is 5.56 Å². The van der Waals surface area contributed by atoms with Crippen molar-refractivity contribution < 1.29 is 22.9 Å². The number of carbonyl (C=O) groups excluding carboxylic acids is 1. The van der Waals surface area contributed by atoms with Gasteiger partial charge in [-0.05, 0) is 47.9 Å². The first kappa shape index (κ1) is 22.4. The molecule has 0 radical (unpaired) electrons. The summed E-state index contributed by atoms with van der Waals surface area (Å²) in [5, 5.41) is 10.4. The van der Waals surface area contributed by atoms with Gasteiger partial charge in [0.1, 0.15) is 29.0 Å². The zero-order valence-corrected chi connectivity index (χ0v) is 18.3. The molecule has 1 fully saturated rings. The van der Waals surface area contributed by atoms with E-state index in [1.54, 1.807) is 30.0 Å². The van der Waals surface area contributed by atoms with Gasteiger partial charge in [0.25, 0.3) is 0 Å². The molecule has 2 aromatic carbocycles. The second-order valence-electron chi connectivity index (χ2n) is 7.60. The third-order valence-electron chi connectivity index (χ3n) is 5.41. The monoisotopic (exact) mass is 463 g/mol. The van der Waals surface area contributed by atoms with Crippen LogP contribution in [0, 0.1) is 11.6 Å². The number of nitrogens with zero attached hydrogens (tertiary/aromatic N) is 4. The van der Waals surface area contributed by atoms with E-state index in [1.807, 2.05) is 0 Å². The highest BCUT2D eigenvalue weighted by Gasteiger charge is 2.25. The predicted molar refractivity (Wildman–Crippen MR) is 114 cm³/mol. The molecule has 0 aliphatic carbocycles. The maximum Gasteiger partial charge on any atom is 0.410 e. The van der Waals surface area contributed by atoms with E-state index in [0.29, 0.717) is 43.4 Å². The second-order valence-corrected chi connectivity index (χ2v) is 9.17. The number of nitrogens with one attached hydrogen (secondary N) is 1. The zero-order valence-electron chi connectivity index (χ0n) is 17.5. The number of aromatic amines is 1. The van der Waals surface area contributed by atoms with Crippen LogP contribution in [0.5, 0.6) is 0 Å². The molecule has 11 heteroatoms. The first-order valence-electron chi connectivity index (χ1n) is 10.2. The Balaban J connectivity index is 1.23. The Morgan fingerprint density at radius 2 is 1.91 bits per heavy atom. The van der Waals surface area contributed by atoms with Gasteiger partial charge in [0, 0.05) is 44.9 Å². The topological polar surface area (TPSA) is 97.4 Å². The number of halogens is 2. The number of ether oxygens (including phenoxy) is 1. The van der Waals surface area contributed by atoms with E-state index in [0.717, 1.165) is 29.2 Å². The van der Waals surface area contributed by atoms with Gasteiger partial charge in [-0.3, -0.25) is 10.00 Å². The summed E-state index contributed by atoms with van der Waals surface area (Å²) in [5.74, 6) is -0.954. The highest BCUT2D eigenvalue weighted by Crippen LogP contribution is 2.21. The molecule has 0 saturated carbocycles. The summed E-state index contributed by atoms with van der Waals surface area (Å²) in [7, 11) is 0. The van der Waals surface area contributed by atoms with Crippen molar-refractivity contribution in [3.63, 3.8) is 0 Å². The second kappa shape index (κ2) is 9.80. The molecule has 1 aromatic heterocycles. The summed E-state index contributed by atoms with van der Waals surface area (Å²) in [4.78, 5) is 16.9. The molecule has 1 aliphatic heterocycles. The van der Waals surface area contributed by atoms with E-state index in [9.17, 15) is 18.1 Å². The van der Waals surface area contributed by atoms with E-state index < -0.39 is 35.0 Å². The molecule has 1 aliphatic rings. The normalized spacial score (nSPS) is 16.8. The van der Waals surface area contributed by atoms with Crippen LogP contribution < -0.4 is 0 Å². The highest BCUT2D eigenvalue weighted by molar-refractivity contribution is 7.91. The summed E-state index contributed by atoms with van der Waals surface area (Å²) in [5.41, 5.74) is 1.74. The Labute approximate surface area is 186 Å². The van der Waals surface area contributed by atoms with Crippen molar-refractivity contribution in [2.45, 2.75) is 17.9 Å². The Bertz CT molecular complexity index is 1070. The average molecular weight is 464 g/mol. The largest absolute Gasteiger partial charge is 0.611 e. The van der Waals surface area contributed by atoms with Gasteiger partial charge < -0.3 is 14.2 Å². The minimum Gasteiger partial charge on any atom is -0.611 e. The molecule has 0 bridgehead atoms. The fourth-order valence-electron chi connectivity index (χ4n) is 3.55. The standard InChI is InChI=1S/C21H23F2N5O3S/c1-14(15-10-16(22)12-17(23)11-15)31-21(29)28-6-4-27(5-7-28)8-9-32(30)18-2-3-19-20(13-18)25-26-24-19/h2-3,10-14H,4-9H2,1H3,(H,24,25,26). The van der Waals surface area contributed by atoms with Crippen molar-refractivity contribution >= 4 is 28.3 Å². The van der Waals surface area contributed by atoms with Crippen molar-refractivity contribution in [3.05, 3.63) is 53.6 Å². The number of rotatable bonds is 6. The molecule has 2 unspecified atom stereocenters. The number of aromatic nitrogens is 3. The van der Waals surface area contributed by atoms with Crippen LogP contribution in [0.2, 0.25) is 0 Å². The summed E-state index contributed by atoms with van der Waals surface area (Å²) >= 11 is -1.16. The lowest BCUT2D eigenvalue weighted by molar-refractivity contribution is 0.0522. The van der Waals surface area contributed by atoms with Gasteiger partial charge in [-0.2, -0.15) is 0 Å². The molecular weight excluding hydrogens is 440 g/mol. The number of H-pyrrole nitrogens is 1. The number of hydrogen-bond donors (Lipinski definition) is 1. The van der Waals surface area contributed by atoms with Crippen molar-refractivity contribution in [3.8, 4) is 0 Å². The van der Waals surface area contributed by atoms with E-state index >= 15 is 0 Å². The number of carbonyl (C=O) groups is 1. The van der Waals surface area contributed by atoms with Crippen LogP contribution in [0.1, 0.15) is 18.6 Å². The molecule has 32 heavy (non-hydrogen) atoms. The predicted octanol–water partition coefficient (Wildman–Crippen LogP) is 2.86. The lowest BCUT2D eigenvalue weighted by atomic mass is 10.1.